The van der Waals surface area contributed by atoms with Gasteiger partial charge in [0.25, 0.3) is 5.91 Å². The Kier molecular flexibility index (Phi) is 10.5. The second kappa shape index (κ2) is 12.4. The Morgan fingerprint density at radius 1 is 1.06 bits per heavy atom. The number of carbonyl (C=O) groups is 4. The minimum atomic E-state index is -0.836. The van der Waals surface area contributed by atoms with Crippen LogP contribution in [0.4, 0.5) is 10.5 Å². The second-order valence-electron chi connectivity index (χ2n) is 9.76. The number of rotatable bonds is 10. The molecule has 3 N–H and O–H groups in total. The van der Waals surface area contributed by atoms with Gasteiger partial charge >= 0.3 is 12.1 Å². The summed E-state index contributed by atoms with van der Waals surface area (Å²) in [5.74, 6) is -1.18. The van der Waals surface area contributed by atoms with Crippen molar-refractivity contribution < 1.29 is 28.7 Å². The topological polar surface area (TPSA) is 123 Å². The summed E-state index contributed by atoms with van der Waals surface area (Å²) in [6, 6.07) is 5.66. The van der Waals surface area contributed by atoms with Gasteiger partial charge in [0.2, 0.25) is 5.91 Å². The summed E-state index contributed by atoms with van der Waals surface area (Å²) in [7, 11) is 6.64. The van der Waals surface area contributed by atoms with Crippen molar-refractivity contribution in [1.82, 2.24) is 10.6 Å². The maximum absolute atomic E-state index is 12.7. The van der Waals surface area contributed by atoms with Gasteiger partial charge < -0.3 is 25.4 Å². The van der Waals surface area contributed by atoms with Gasteiger partial charge in [0.15, 0.2) is 0 Å². The summed E-state index contributed by atoms with van der Waals surface area (Å²) < 4.78 is 9.98. The molecule has 0 bridgehead atoms. The Morgan fingerprint density at radius 2 is 1.73 bits per heavy atom. The third-order valence-electron chi connectivity index (χ3n) is 4.44. The Hall–Kier alpha value is -2.91. The van der Waals surface area contributed by atoms with Gasteiger partial charge in [-0.3, -0.25) is 9.59 Å². The normalized spacial score (nSPS) is 12.2. The molecule has 1 aromatic carbocycles. The number of alkyl carbamates (subject to hydrolysis) is 1. The third-order valence-corrected chi connectivity index (χ3v) is 4.44. The molecule has 0 aromatic heterocycles. The van der Waals surface area contributed by atoms with Crippen molar-refractivity contribution in [3.63, 3.8) is 0 Å². The summed E-state index contributed by atoms with van der Waals surface area (Å²) >= 11 is 0. The highest BCUT2D eigenvalue weighted by atomic mass is 16.6. The molecule has 3 amide bonds. The minimum Gasteiger partial charge on any atom is -0.467 e. The van der Waals surface area contributed by atoms with E-state index in [0.717, 1.165) is 0 Å². The van der Waals surface area contributed by atoms with Gasteiger partial charge in [0.05, 0.1) is 7.11 Å². The first-order valence-electron chi connectivity index (χ1n) is 11.0. The lowest BCUT2D eigenvalue weighted by atomic mass is 9.42. The number of hydrogen-bond acceptors (Lipinski definition) is 6. The number of amides is 3. The van der Waals surface area contributed by atoms with Crippen LogP contribution < -0.4 is 16.0 Å². The third kappa shape index (κ3) is 11.0. The van der Waals surface area contributed by atoms with E-state index >= 15 is 0 Å². The average molecular weight is 457 g/mol. The highest BCUT2D eigenvalue weighted by Crippen LogP contribution is 2.16. The number of unbranched alkanes of at least 4 members (excludes halogenated alkanes) is 1. The summed E-state index contributed by atoms with van der Waals surface area (Å²) in [6.45, 7) is 5.73. The lowest BCUT2D eigenvalue weighted by Gasteiger charge is -2.20. The quantitative estimate of drug-likeness (QED) is 0.249. The number of methoxy groups -OCH3 is 1. The van der Waals surface area contributed by atoms with Gasteiger partial charge in [-0.2, -0.15) is 0 Å². The maximum atomic E-state index is 12.7. The fourth-order valence-corrected chi connectivity index (χ4v) is 2.67. The first kappa shape index (κ1) is 28.1. The van der Waals surface area contributed by atoms with E-state index in [-0.39, 0.29) is 5.91 Å². The minimum absolute atomic E-state index is 0.174. The number of benzene rings is 1. The number of carbonyl (C=O) groups excluding carboxylic acids is 4. The van der Waals surface area contributed by atoms with Crippen molar-refractivity contribution in [2.45, 2.75) is 56.8 Å². The summed E-state index contributed by atoms with van der Waals surface area (Å²) in [5.41, 5.74) is 0.226. The van der Waals surface area contributed by atoms with Crippen molar-refractivity contribution in [1.29, 1.82) is 0 Å². The van der Waals surface area contributed by atoms with Crippen LogP contribution in [0.15, 0.2) is 24.3 Å². The second-order valence-corrected chi connectivity index (χ2v) is 9.76. The fraction of sp³-hybridized carbons (Fsp3) is 0.524. The number of ether oxygens (including phenoxy) is 2. The van der Waals surface area contributed by atoms with Gasteiger partial charge in [-0.05, 0) is 63.3 Å². The Balaban J connectivity index is 2.64. The SMILES string of the molecule is BC(B)(B)C(=O)Nc1cccc(C(=O)N[C@H](CCCCNC(=O)OC(C)(C)C)C(=O)OC)c1. The molecule has 12 heteroatoms. The zero-order valence-corrected chi connectivity index (χ0v) is 20.7. The molecular formula is C21H34B3N3O6. The van der Waals surface area contributed by atoms with Crippen molar-refractivity contribution in [3.8, 4) is 0 Å². The van der Waals surface area contributed by atoms with Gasteiger partial charge in [0, 0.05) is 17.8 Å². The Labute approximate surface area is 198 Å². The van der Waals surface area contributed by atoms with Gasteiger partial charge in [0.1, 0.15) is 35.2 Å². The average Bonchev–Trinajstić information content (AvgIpc) is 2.70. The molecule has 0 aliphatic rings. The van der Waals surface area contributed by atoms with Gasteiger partial charge in [-0.15, -0.1) is 0 Å². The molecule has 0 unspecified atom stereocenters. The molecule has 0 saturated heterocycles. The zero-order valence-electron chi connectivity index (χ0n) is 20.7. The highest BCUT2D eigenvalue weighted by molar-refractivity contribution is 6.69. The highest BCUT2D eigenvalue weighted by Gasteiger charge is 2.24. The molecular weight excluding hydrogens is 423 g/mol. The standard InChI is InChI=1S/C21H34B3N3O6/c1-20(2,3)33-19(31)25-11-6-5-10-15(17(29)32-4)27-16(28)13-8-7-9-14(12-13)26-18(30)21(22,23)24/h7-9,12,15H,5-6,10-11,22-24H2,1-4H3,(H,25,31)(H,26,30)(H,27,28)/t15-/m1/s1. The van der Waals surface area contributed by atoms with E-state index in [0.29, 0.717) is 37.1 Å². The molecule has 0 aliphatic carbocycles. The van der Waals surface area contributed by atoms with Crippen molar-refractivity contribution >= 4 is 53.1 Å². The maximum Gasteiger partial charge on any atom is 0.407 e. The lowest BCUT2D eigenvalue weighted by Crippen LogP contribution is -2.41. The fourth-order valence-electron chi connectivity index (χ4n) is 2.67. The van der Waals surface area contributed by atoms with Crippen LogP contribution in [0.1, 0.15) is 50.4 Å². The Morgan fingerprint density at radius 3 is 2.30 bits per heavy atom. The van der Waals surface area contributed by atoms with E-state index in [1.165, 1.54) is 7.11 Å². The van der Waals surface area contributed by atoms with Crippen LogP contribution in [0.5, 0.6) is 0 Å². The number of esters is 1. The van der Waals surface area contributed by atoms with E-state index in [9.17, 15) is 19.2 Å². The van der Waals surface area contributed by atoms with Crippen LogP contribution in [-0.2, 0) is 19.1 Å². The van der Waals surface area contributed by atoms with Crippen LogP contribution in [0.2, 0.25) is 5.11 Å². The smallest absolute Gasteiger partial charge is 0.407 e. The van der Waals surface area contributed by atoms with E-state index < -0.39 is 34.7 Å². The molecule has 0 heterocycles. The number of nitrogens with one attached hydrogen (secondary N) is 3. The molecule has 0 radical (unpaired) electrons. The van der Waals surface area contributed by atoms with Crippen LogP contribution >= 0.6 is 0 Å². The zero-order chi connectivity index (χ0) is 25.2. The molecule has 0 saturated carbocycles. The number of anilines is 1. The first-order chi connectivity index (χ1) is 15.2. The van der Waals surface area contributed by atoms with Gasteiger partial charge in [-0.25, -0.2) is 9.59 Å². The summed E-state index contributed by atoms with van der Waals surface area (Å²) in [5, 5.41) is 7.55. The van der Waals surface area contributed by atoms with Crippen LogP contribution in [0.25, 0.3) is 0 Å². The van der Waals surface area contributed by atoms with E-state index in [2.05, 4.69) is 16.0 Å². The largest absolute Gasteiger partial charge is 0.467 e. The van der Waals surface area contributed by atoms with E-state index in [4.69, 9.17) is 9.47 Å². The summed E-state index contributed by atoms with van der Waals surface area (Å²) in [6.07, 6.45) is 1.00. The van der Waals surface area contributed by atoms with Crippen LogP contribution in [0, 0.1) is 0 Å². The lowest BCUT2D eigenvalue weighted by molar-refractivity contribution is -0.143. The summed E-state index contributed by atoms with van der Waals surface area (Å²) in [4.78, 5) is 48.7. The van der Waals surface area contributed by atoms with E-state index in [1.54, 1.807) is 68.6 Å². The van der Waals surface area contributed by atoms with E-state index in [1.807, 2.05) is 0 Å². The predicted octanol–water partition coefficient (Wildman–Crippen LogP) is -0.435. The molecule has 0 spiro atoms. The molecule has 1 rings (SSSR count). The van der Waals surface area contributed by atoms with Crippen molar-refractivity contribution in [2.75, 3.05) is 19.0 Å². The first-order valence-corrected chi connectivity index (χ1v) is 11.0. The molecule has 9 nitrogen and oxygen atoms in total. The Bertz CT molecular complexity index is 852. The molecule has 0 fully saturated rings. The van der Waals surface area contributed by atoms with Gasteiger partial charge in [-0.1, -0.05) is 6.07 Å². The number of hydrogen-bond donors (Lipinski definition) is 3. The molecule has 1 aromatic rings. The van der Waals surface area contributed by atoms with Crippen LogP contribution in [-0.4, -0.2) is 72.7 Å². The monoisotopic (exact) mass is 457 g/mol. The molecule has 0 aliphatic heterocycles. The van der Waals surface area contributed by atoms with Crippen molar-refractivity contribution in [2.24, 2.45) is 0 Å². The molecule has 33 heavy (non-hydrogen) atoms. The predicted molar refractivity (Wildman–Crippen MR) is 135 cm³/mol. The van der Waals surface area contributed by atoms with Crippen molar-refractivity contribution in [3.05, 3.63) is 29.8 Å². The molecule has 178 valence electrons. The molecule has 1 atom stereocenters. The van der Waals surface area contributed by atoms with Crippen LogP contribution in [0.3, 0.4) is 0 Å².